The maximum Gasteiger partial charge on any atom is 0.240 e. The van der Waals surface area contributed by atoms with E-state index in [4.69, 9.17) is 8.94 Å². The summed E-state index contributed by atoms with van der Waals surface area (Å²) < 4.78 is 11.4. The van der Waals surface area contributed by atoms with Gasteiger partial charge in [-0.15, -0.1) is 10.2 Å². The fourth-order valence-electron chi connectivity index (χ4n) is 2.57. The predicted molar refractivity (Wildman–Crippen MR) is 96.1 cm³/mol. The van der Waals surface area contributed by atoms with E-state index < -0.39 is 0 Å². The summed E-state index contributed by atoms with van der Waals surface area (Å²) in [6, 6.07) is 3.56. The number of anilines is 1. The second-order valence-corrected chi connectivity index (χ2v) is 8.17. The topological polar surface area (TPSA) is 110 Å². The molecule has 1 amide bonds. The van der Waals surface area contributed by atoms with Gasteiger partial charge in [-0.3, -0.25) is 15.0 Å². The second-order valence-electron chi connectivity index (χ2n) is 5.68. The van der Waals surface area contributed by atoms with Crippen LogP contribution < -0.4 is 5.32 Å². The fourth-order valence-corrected chi connectivity index (χ4v) is 4.23. The van der Waals surface area contributed by atoms with Crippen molar-refractivity contribution in [1.82, 2.24) is 25.2 Å². The van der Waals surface area contributed by atoms with Crippen molar-refractivity contribution in [3.63, 3.8) is 0 Å². The molecule has 1 fully saturated rings. The standard InChI is InChI=1S/C15H16N6O3S2/c1-2-25-15-19-18-14(26-15)16-11(22)8-21-6-9(7-21)13-17-12(20-24-13)10-4-3-5-23-10/h3-5,9H,2,6-8H2,1H3,(H,16,18,22). The quantitative estimate of drug-likeness (QED) is 0.478. The Kier molecular flexibility index (Phi) is 5.00. The van der Waals surface area contributed by atoms with Gasteiger partial charge in [-0.1, -0.05) is 35.2 Å². The molecule has 4 heterocycles. The number of aromatic nitrogens is 4. The van der Waals surface area contributed by atoms with E-state index in [1.807, 2.05) is 11.8 Å². The number of carbonyl (C=O) groups is 1. The SMILES string of the molecule is CCSc1nnc(NC(=O)CN2CC(c3nc(-c4ccco4)no3)C2)s1. The van der Waals surface area contributed by atoms with Crippen molar-refractivity contribution in [2.45, 2.75) is 17.2 Å². The first-order valence-corrected chi connectivity index (χ1v) is 9.87. The second kappa shape index (κ2) is 7.56. The number of nitrogens with one attached hydrogen (secondary N) is 1. The first-order valence-electron chi connectivity index (χ1n) is 8.07. The molecule has 3 aromatic rings. The lowest BCUT2D eigenvalue weighted by molar-refractivity contribution is -0.118. The molecule has 4 rings (SSSR count). The molecule has 0 spiro atoms. The normalized spacial score (nSPS) is 15.1. The van der Waals surface area contributed by atoms with Crippen LogP contribution in [0.4, 0.5) is 5.13 Å². The molecule has 0 atom stereocenters. The number of amides is 1. The molecular weight excluding hydrogens is 376 g/mol. The molecule has 9 nitrogen and oxygen atoms in total. The zero-order valence-corrected chi connectivity index (χ0v) is 15.5. The number of carbonyl (C=O) groups excluding carboxylic acids is 1. The average molecular weight is 392 g/mol. The Bertz CT molecular complexity index is 872. The Balaban J connectivity index is 1.25. The van der Waals surface area contributed by atoms with Crippen molar-refractivity contribution in [3.05, 3.63) is 24.3 Å². The Labute approximate surface area is 157 Å². The lowest BCUT2D eigenvalue weighted by atomic mass is 10.0. The van der Waals surface area contributed by atoms with Gasteiger partial charge in [0.2, 0.25) is 22.8 Å². The van der Waals surface area contributed by atoms with Gasteiger partial charge in [-0.05, 0) is 17.9 Å². The van der Waals surface area contributed by atoms with Crippen LogP contribution in [0, 0.1) is 0 Å². The number of likely N-dealkylation sites (tertiary alicyclic amines) is 1. The number of nitrogens with zero attached hydrogens (tertiary/aromatic N) is 5. The van der Waals surface area contributed by atoms with Crippen LogP contribution in [-0.2, 0) is 4.79 Å². The zero-order valence-electron chi connectivity index (χ0n) is 13.9. The highest BCUT2D eigenvalue weighted by Gasteiger charge is 2.34. The zero-order chi connectivity index (χ0) is 17.9. The smallest absolute Gasteiger partial charge is 0.240 e. The molecule has 3 aromatic heterocycles. The molecular formula is C15H16N6O3S2. The minimum absolute atomic E-state index is 0.102. The first kappa shape index (κ1) is 17.2. The lowest BCUT2D eigenvalue weighted by Crippen LogP contribution is -2.48. The highest BCUT2D eigenvalue weighted by molar-refractivity contribution is 8.01. The average Bonchev–Trinajstić information content (AvgIpc) is 3.32. The van der Waals surface area contributed by atoms with Gasteiger partial charge >= 0.3 is 0 Å². The van der Waals surface area contributed by atoms with Crippen molar-refractivity contribution < 1.29 is 13.7 Å². The number of hydrogen-bond acceptors (Lipinski definition) is 10. The van der Waals surface area contributed by atoms with E-state index in [9.17, 15) is 4.79 Å². The van der Waals surface area contributed by atoms with Gasteiger partial charge < -0.3 is 8.94 Å². The van der Waals surface area contributed by atoms with Crippen molar-refractivity contribution in [1.29, 1.82) is 0 Å². The summed E-state index contributed by atoms with van der Waals surface area (Å²) >= 11 is 2.99. The summed E-state index contributed by atoms with van der Waals surface area (Å²) in [6.45, 7) is 3.73. The highest BCUT2D eigenvalue weighted by Crippen LogP contribution is 2.28. The van der Waals surface area contributed by atoms with Crippen LogP contribution in [0.3, 0.4) is 0 Å². The Morgan fingerprint density at radius 1 is 1.46 bits per heavy atom. The molecule has 11 heteroatoms. The van der Waals surface area contributed by atoms with Crippen LogP contribution in [0.15, 0.2) is 31.7 Å². The molecule has 0 saturated carbocycles. The Hall–Kier alpha value is -2.24. The largest absolute Gasteiger partial charge is 0.461 e. The number of thioether (sulfide) groups is 1. The molecule has 26 heavy (non-hydrogen) atoms. The predicted octanol–water partition coefficient (Wildman–Crippen LogP) is 2.33. The molecule has 1 N–H and O–H groups in total. The van der Waals surface area contributed by atoms with Gasteiger partial charge in [0.25, 0.3) is 0 Å². The molecule has 0 unspecified atom stereocenters. The minimum atomic E-state index is -0.102. The third-order valence-electron chi connectivity index (χ3n) is 3.78. The van der Waals surface area contributed by atoms with E-state index in [0.717, 1.165) is 10.1 Å². The van der Waals surface area contributed by atoms with Gasteiger partial charge in [-0.2, -0.15) is 4.98 Å². The van der Waals surface area contributed by atoms with E-state index in [1.165, 1.54) is 11.3 Å². The molecule has 0 aliphatic carbocycles. The summed E-state index contributed by atoms with van der Waals surface area (Å²) in [6.07, 6.45) is 1.57. The summed E-state index contributed by atoms with van der Waals surface area (Å²) in [5.74, 6) is 2.54. The van der Waals surface area contributed by atoms with Crippen LogP contribution in [0.2, 0.25) is 0 Å². The van der Waals surface area contributed by atoms with Gasteiger partial charge in [0, 0.05) is 13.1 Å². The van der Waals surface area contributed by atoms with Crippen LogP contribution in [0.1, 0.15) is 18.7 Å². The van der Waals surface area contributed by atoms with Crippen molar-refractivity contribution in [2.75, 3.05) is 30.7 Å². The van der Waals surface area contributed by atoms with Crippen LogP contribution >= 0.6 is 23.1 Å². The lowest BCUT2D eigenvalue weighted by Gasteiger charge is -2.36. The third-order valence-corrected chi connectivity index (χ3v) is 5.63. The monoisotopic (exact) mass is 392 g/mol. The molecule has 0 bridgehead atoms. The van der Waals surface area contributed by atoms with E-state index in [2.05, 4.69) is 25.7 Å². The van der Waals surface area contributed by atoms with Gasteiger partial charge in [0.05, 0.1) is 18.7 Å². The Morgan fingerprint density at radius 3 is 3.12 bits per heavy atom. The summed E-state index contributed by atoms with van der Waals surface area (Å²) in [4.78, 5) is 18.5. The molecule has 1 saturated heterocycles. The maximum absolute atomic E-state index is 12.1. The van der Waals surface area contributed by atoms with Gasteiger partial charge in [0.15, 0.2) is 10.1 Å². The number of hydrogen-bond donors (Lipinski definition) is 1. The molecule has 136 valence electrons. The molecule has 0 aromatic carbocycles. The summed E-state index contributed by atoms with van der Waals surface area (Å²) in [5.41, 5.74) is 0. The van der Waals surface area contributed by atoms with Crippen LogP contribution in [0.25, 0.3) is 11.6 Å². The molecule has 1 aliphatic rings. The van der Waals surface area contributed by atoms with E-state index in [-0.39, 0.29) is 11.8 Å². The Morgan fingerprint density at radius 2 is 2.35 bits per heavy atom. The number of furan rings is 1. The van der Waals surface area contributed by atoms with E-state index in [1.54, 1.807) is 30.2 Å². The molecule has 1 aliphatic heterocycles. The van der Waals surface area contributed by atoms with E-state index >= 15 is 0 Å². The van der Waals surface area contributed by atoms with E-state index in [0.29, 0.717) is 42.2 Å². The van der Waals surface area contributed by atoms with Gasteiger partial charge in [-0.25, -0.2) is 0 Å². The summed E-state index contributed by atoms with van der Waals surface area (Å²) in [7, 11) is 0. The van der Waals surface area contributed by atoms with Crippen LogP contribution in [0.5, 0.6) is 0 Å². The van der Waals surface area contributed by atoms with Gasteiger partial charge in [0.1, 0.15) is 0 Å². The number of rotatable bonds is 7. The van der Waals surface area contributed by atoms with Crippen LogP contribution in [-0.4, -0.2) is 56.5 Å². The fraction of sp³-hybridized carbons (Fsp3) is 0.400. The van der Waals surface area contributed by atoms with Crippen molar-refractivity contribution in [2.24, 2.45) is 0 Å². The van der Waals surface area contributed by atoms with Crippen molar-refractivity contribution in [3.8, 4) is 11.6 Å². The molecule has 0 radical (unpaired) electrons. The third kappa shape index (κ3) is 3.79. The maximum atomic E-state index is 12.1. The first-order chi connectivity index (χ1) is 12.7. The summed E-state index contributed by atoms with van der Waals surface area (Å²) in [5, 5.41) is 15.2. The van der Waals surface area contributed by atoms with Crippen molar-refractivity contribution >= 4 is 34.1 Å². The minimum Gasteiger partial charge on any atom is -0.461 e. The highest BCUT2D eigenvalue weighted by atomic mass is 32.2.